The Morgan fingerprint density at radius 1 is 1.29 bits per heavy atom. The molecule has 0 spiro atoms. The van der Waals surface area contributed by atoms with Crippen LogP contribution in [0.5, 0.6) is 0 Å². The minimum atomic E-state index is -0.836. The molecule has 1 rings (SSSR count). The molecule has 0 bridgehead atoms. The van der Waals surface area contributed by atoms with Crippen LogP contribution in [0.1, 0.15) is 36.5 Å². The number of hydrogen-bond acceptors (Lipinski definition) is 2. The number of hydrogen-bond donors (Lipinski definition) is 2. The second kappa shape index (κ2) is 6.68. The van der Waals surface area contributed by atoms with E-state index >= 15 is 0 Å². The third kappa shape index (κ3) is 4.68. The Balaban J connectivity index is 2.51. The summed E-state index contributed by atoms with van der Waals surface area (Å²) in [5.41, 5.74) is 0.598. The van der Waals surface area contributed by atoms with E-state index in [2.05, 4.69) is 5.32 Å². The SMILES string of the molecule is CCC(CCC(=O)O)NC(=O)c1ccccc1. The summed E-state index contributed by atoms with van der Waals surface area (Å²) in [5.74, 6) is -0.986. The monoisotopic (exact) mass is 235 g/mol. The van der Waals surface area contributed by atoms with Crippen LogP contribution in [0.3, 0.4) is 0 Å². The molecular formula is C13H17NO3. The smallest absolute Gasteiger partial charge is 0.303 e. The van der Waals surface area contributed by atoms with E-state index in [1.165, 1.54) is 0 Å². The van der Waals surface area contributed by atoms with E-state index in [0.717, 1.165) is 6.42 Å². The van der Waals surface area contributed by atoms with Gasteiger partial charge in [-0.25, -0.2) is 0 Å². The lowest BCUT2D eigenvalue weighted by atomic mass is 10.1. The van der Waals surface area contributed by atoms with Crippen molar-refractivity contribution in [1.82, 2.24) is 5.32 Å². The van der Waals surface area contributed by atoms with Crippen LogP contribution in [0.4, 0.5) is 0 Å². The maximum atomic E-state index is 11.8. The van der Waals surface area contributed by atoms with Gasteiger partial charge >= 0.3 is 5.97 Å². The van der Waals surface area contributed by atoms with Crippen LogP contribution in [0.2, 0.25) is 0 Å². The van der Waals surface area contributed by atoms with Gasteiger partial charge in [-0.2, -0.15) is 0 Å². The zero-order valence-electron chi connectivity index (χ0n) is 9.85. The highest BCUT2D eigenvalue weighted by Gasteiger charge is 2.12. The van der Waals surface area contributed by atoms with Gasteiger partial charge in [-0.15, -0.1) is 0 Å². The van der Waals surface area contributed by atoms with E-state index in [0.29, 0.717) is 12.0 Å². The van der Waals surface area contributed by atoms with E-state index in [9.17, 15) is 9.59 Å². The summed E-state index contributed by atoms with van der Waals surface area (Å²) in [7, 11) is 0. The van der Waals surface area contributed by atoms with Crippen molar-refractivity contribution >= 4 is 11.9 Å². The molecule has 0 heterocycles. The molecule has 0 aliphatic carbocycles. The first-order chi connectivity index (χ1) is 8.13. The van der Waals surface area contributed by atoms with E-state index < -0.39 is 5.97 Å². The first-order valence-electron chi connectivity index (χ1n) is 5.71. The van der Waals surface area contributed by atoms with Gasteiger partial charge < -0.3 is 10.4 Å². The van der Waals surface area contributed by atoms with E-state index in [4.69, 9.17) is 5.11 Å². The van der Waals surface area contributed by atoms with Crippen LogP contribution in [0.15, 0.2) is 30.3 Å². The van der Waals surface area contributed by atoms with E-state index in [1.807, 2.05) is 13.0 Å². The predicted molar refractivity (Wildman–Crippen MR) is 64.9 cm³/mol. The van der Waals surface area contributed by atoms with Gasteiger partial charge in [0.25, 0.3) is 5.91 Å². The first-order valence-corrected chi connectivity index (χ1v) is 5.71. The summed E-state index contributed by atoms with van der Waals surface area (Å²) in [6.45, 7) is 1.93. The molecule has 92 valence electrons. The number of amides is 1. The molecule has 1 amide bonds. The Labute approximate surface area is 101 Å². The molecule has 1 unspecified atom stereocenters. The maximum absolute atomic E-state index is 11.8. The number of carbonyl (C=O) groups excluding carboxylic acids is 1. The molecule has 4 nitrogen and oxygen atoms in total. The normalized spacial score (nSPS) is 11.8. The highest BCUT2D eigenvalue weighted by atomic mass is 16.4. The Kier molecular flexibility index (Phi) is 5.20. The van der Waals surface area contributed by atoms with Crippen LogP contribution in [0, 0.1) is 0 Å². The molecule has 0 aliphatic rings. The van der Waals surface area contributed by atoms with Crippen molar-refractivity contribution in [1.29, 1.82) is 0 Å². The lowest BCUT2D eigenvalue weighted by Gasteiger charge is -2.15. The minimum Gasteiger partial charge on any atom is -0.481 e. The Hall–Kier alpha value is -1.84. The zero-order chi connectivity index (χ0) is 12.7. The largest absolute Gasteiger partial charge is 0.481 e. The Morgan fingerprint density at radius 2 is 1.94 bits per heavy atom. The van der Waals surface area contributed by atoms with Crippen molar-refractivity contribution < 1.29 is 14.7 Å². The fourth-order valence-corrected chi connectivity index (χ4v) is 1.53. The van der Waals surface area contributed by atoms with Gasteiger partial charge in [-0.05, 0) is 25.0 Å². The topological polar surface area (TPSA) is 66.4 Å². The van der Waals surface area contributed by atoms with Gasteiger partial charge in [0, 0.05) is 18.0 Å². The number of benzene rings is 1. The van der Waals surface area contributed by atoms with Crippen LogP contribution in [-0.4, -0.2) is 23.0 Å². The van der Waals surface area contributed by atoms with Gasteiger partial charge in [0.15, 0.2) is 0 Å². The summed E-state index contributed by atoms with van der Waals surface area (Å²) < 4.78 is 0. The number of aliphatic carboxylic acids is 1. The fraction of sp³-hybridized carbons (Fsp3) is 0.385. The molecule has 1 atom stereocenters. The van der Waals surface area contributed by atoms with E-state index in [-0.39, 0.29) is 18.4 Å². The highest BCUT2D eigenvalue weighted by molar-refractivity contribution is 5.94. The molecule has 17 heavy (non-hydrogen) atoms. The van der Waals surface area contributed by atoms with Crippen molar-refractivity contribution in [2.45, 2.75) is 32.2 Å². The quantitative estimate of drug-likeness (QED) is 0.793. The van der Waals surface area contributed by atoms with Gasteiger partial charge in [-0.3, -0.25) is 9.59 Å². The van der Waals surface area contributed by atoms with Gasteiger partial charge in [0.1, 0.15) is 0 Å². The third-order valence-electron chi connectivity index (χ3n) is 2.57. The number of carbonyl (C=O) groups is 2. The van der Waals surface area contributed by atoms with Crippen LogP contribution < -0.4 is 5.32 Å². The van der Waals surface area contributed by atoms with Crippen LogP contribution in [0.25, 0.3) is 0 Å². The standard InChI is InChI=1S/C13H17NO3/c1-2-11(8-9-12(15)16)14-13(17)10-6-4-3-5-7-10/h3-7,11H,2,8-9H2,1H3,(H,14,17)(H,15,16). The molecule has 1 aromatic carbocycles. The van der Waals surface area contributed by atoms with Crippen molar-refractivity contribution in [3.05, 3.63) is 35.9 Å². The van der Waals surface area contributed by atoms with Gasteiger partial charge in [0.05, 0.1) is 0 Å². The second-order valence-electron chi connectivity index (χ2n) is 3.88. The van der Waals surface area contributed by atoms with Crippen LogP contribution in [-0.2, 0) is 4.79 Å². The fourth-order valence-electron chi connectivity index (χ4n) is 1.53. The van der Waals surface area contributed by atoms with Crippen molar-refractivity contribution in [3.63, 3.8) is 0 Å². The number of nitrogens with one attached hydrogen (secondary N) is 1. The Bertz CT molecular complexity index is 376. The summed E-state index contributed by atoms with van der Waals surface area (Å²) in [6, 6.07) is 8.83. The molecule has 0 saturated carbocycles. The molecule has 1 aromatic rings. The van der Waals surface area contributed by atoms with Crippen molar-refractivity contribution in [2.75, 3.05) is 0 Å². The first kappa shape index (κ1) is 13.2. The van der Waals surface area contributed by atoms with Crippen molar-refractivity contribution in [2.24, 2.45) is 0 Å². The second-order valence-corrected chi connectivity index (χ2v) is 3.88. The molecule has 0 radical (unpaired) electrons. The maximum Gasteiger partial charge on any atom is 0.303 e. The average Bonchev–Trinajstić information content (AvgIpc) is 2.35. The third-order valence-corrected chi connectivity index (χ3v) is 2.57. The van der Waals surface area contributed by atoms with Gasteiger partial charge in [0.2, 0.25) is 0 Å². The number of carboxylic acids is 1. The molecule has 0 saturated heterocycles. The van der Waals surface area contributed by atoms with E-state index in [1.54, 1.807) is 24.3 Å². The van der Waals surface area contributed by atoms with Crippen molar-refractivity contribution in [3.8, 4) is 0 Å². The molecule has 0 aliphatic heterocycles. The number of rotatable bonds is 6. The highest BCUT2D eigenvalue weighted by Crippen LogP contribution is 2.05. The van der Waals surface area contributed by atoms with Gasteiger partial charge in [-0.1, -0.05) is 25.1 Å². The summed E-state index contributed by atoms with van der Waals surface area (Å²) in [5, 5.41) is 11.4. The predicted octanol–water partition coefficient (Wildman–Crippen LogP) is 2.06. The van der Waals surface area contributed by atoms with Crippen LogP contribution >= 0.6 is 0 Å². The summed E-state index contributed by atoms with van der Waals surface area (Å²) >= 11 is 0. The average molecular weight is 235 g/mol. The zero-order valence-corrected chi connectivity index (χ0v) is 9.85. The number of carboxylic acid groups (broad SMARTS) is 1. The molecule has 0 fully saturated rings. The molecular weight excluding hydrogens is 218 g/mol. The lowest BCUT2D eigenvalue weighted by molar-refractivity contribution is -0.137. The summed E-state index contributed by atoms with van der Waals surface area (Å²) in [4.78, 5) is 22.3. The molecule has 2 N–H and O–H groups in total. The molecule has 0 aromatic heterocycles. The minimum absolute atomic E-state index is 0.0770. The molecule has 4 heteroatoms. The lowest BCUT2D eigenvalue weighted by Crippen LogP contribution is -2.34. The summed E-state index contributed by atoms with van der Waals surface area (Å²) in [6.07, 6.45) is 1.27. The Morgan fingerprint density at radius 3 is 2.47 bits per heavy atom.